The smallest absolute Gasteiger partial charge is 0.380 e. The third-order valence-electron chi connectivity index (χ3n) is 4.17. The number of carbonyl (C=O) groups excluding carboxylic acids is 1. The molecular weight excluding hydrogens is 458 g/mol. The molecule has 170 valence electrons. The molecular formula is C19H21F4N3O3S2. The van der Waals surface area contributed by atoms with Gasteiger partial charge in [-0.2, -0.15) is 13.2 Å². The molecule has 2 aromatic carbocycles. The highest BCUT2D eigenvalue weighted by atomic mass is 32.2. The minimum atomic E-state index is -5.20. The predicted molar refractivity (Wildman–Crippen MR) is 111 cm³/mol. The minimum Gasteiger partial charge on any atom is -0.380 e. The van der Waals surface area contributed by atoms with Gasteiger partial charge < -0.3 is 10.2 Å². The molecule has 0 aliphatic rings. The molecule has 1 atom stereocenters. The quantitative estimate of drug-likeness (QED) is 0.446. The Morgan fingerprint density at radius 1 is 1.16 bits per heavy atom. The minimum absolute atomic E-state index is 0.164. The Hall–Kier alpha value is -2.31. The molecule has 0 bridgehead atoms. The molecule has 0 heterocycles. The summed E-state index contributed by atoms with van der Waals surface area (Å²) in [5.74, 6) is -2.14. The van der Waals surface area contributed by atoms with Crippen molar-refractivity contribution >= 4 is 33.4 Å². The van der Waals surface area contributed by atoms with Crippen LogP contribution in [0.2, 0.25) is 0 Å². The summed E-state index contributed by atoms with van der Waals surface area (Å²) in [7, 11) is -1.69. The summed E-state index contributed by atoms with van der Waals surface area (Å²) in [4.78, 5) is 13.0. The summed E-state index contributed by atoms with van der Waals surface area (Å²) in [5.41, 5.74) is -2.46. The van der Waals surface area contributed by atoms with Gasteiger partial charge in [0.05, 0.1) is 0 Å². The van der Waals surface area contributed by atoms with E-state index in [1.165, 1.54) is 30.8 Å². The van der Waals surface area contributed by atoms with Crippen LogP contribution in [0, 0.1) is 5.82 Å². The van der Waals surface area contributed by atoms with Gasteiger partial charge in [0, 0.05) is 42.9 Å². The SMILES string of the molecule is CN(C)C(=O)C[C@H](CSc1ccccc1)Nc1ccc(S(N)(=O)=O)c(F)c1C(F)(F)F. The second-order valence-electron chi connectivity index (χ2n) is 6.80. The Kier molecular flexibility index (Phi) is 7.95. The first-order valence-corrected chi connectivity index (χ1v) is 11.4. The highest BCUT2D eigenvalue weighted by molar-refractivity contribution is 7.99. The summed E-state index contributed by atoms with van der Waals surface area (Å²) in [6, 6.07) is 9.65. The van der Waals surface area contributed by atoms with Crippen molar-refractivity contribution in [2.45, 2.75) is 28.4 Å². The van der Waals surface area contributed by atoms with E-state index in [1.807, 2.05) is 0 Å². The average Bonchev–Trinajstić information content (AvgIpc) is 2.64. The zero-order valence-electron chi connectivity index (χ0n) is 16.6. The van der Waals surface area contributed by atoms with Crippen LogP contribution in [0.4, 0.5) is 23.2 Å². The lowest BCUT2D eigenvalue weighted by Gasteiger charge is -2.24. The summed E-state index contributed by atoms with van der Waals surface area (Å²) in [6.45, 7) is 0. The number of anilines is 1. The normalized spacial score (nSPS) is 13.0. The fraction of sp³-hybridized carbons (Fsp3) is 0.316. The Morgan fingerprint density at radius 2 is 1.77 bits per heavy atom. The van der Waals surface area contributed by atoms with Gasteiger partial charge in [-0.25, -0.2) is 17.9 Å². The van der Waals surface area contributed by atoms with Crippen molar-refractivity contribution in [2.24, 2.45) is 5.14 Å². The van der Waals surface area contributed by atoms with Crippen molar-refractivity contribution in [1.29, 1.82) is 0 Å². The molecule has 0 saturated heterocycles. The van der Waals surface area contributed by atoms with Gasteiger partial charge in [-0.1, -0.05) is 18.2 Å². The number of hydrogen-bond donors (Lipinski definition) is 2. The fourth-order valence-corrected chi connectivity index (χ4v) is 4.21. The van der Waals surface area contributed by atoms with Crippen LogP contribution in [0.15, 0.2) is 52.3 Å². The number of carbonyl (C=O) groups is 1. The second-order valence-corrected chi connectivity index (χ2v) is 9.42. The third kappa shape index (κ3) is 6.84. The lowest BCUT2D eigenvalue weighted by atomic mass is 10.1. The van der Waals surface area contributed by atoms with Crippen molar-refractivity contribution in [3.63, 3.8) is 0 Å². The summed E-state index contributed by atoms with van der Waals surface area (Å²) in [5, 5.41) is 7.39. The Morgan fingerprint density at radius 3 is 2.29 bits per heavy atom. The number of thioether (sulfide) groups is 1. The van der Waals surface area contributed by atoms with E-state index >= 15 is 0 Å². The van der Waals surface area contributed by atoms with Gasteiger partial charge in [0.25, 0.3) is 0 Å². The topological polar surface area (TPSA) is 92.5 Å². The van der Waals surface area contributed by atoms with E-state index in [-0.39, 0.29) is 18.1 Å². The van der Waals surface area contributed by atoms with Crippen LogP contribution in [-0.2, 0) is 21.0 Å². The zero-order chi connectivity index (χ0) is 23.4. The largest absolute Gasteiger partial charge is 0.421 e. The molecule has 0 fully saturated rings. The van der Waals surface area contributed by atoms with Crippen LogP contribution >= 0.6 is 11.8 Å². The molecule has 0 saturated carbocycles. The van der Waals surface area contributed by atoms with Crippen molar-refractivity contribution in [1.82, 2.24) is 4.90 Å². The summed E-state index contributed by atoms with van der Waals surface area (Å²) in [6.07, 6.45) is -5.36. The monoisotopic (exact) mass is 479 g/mol. The maximum Gasteiger partial charge on any atom is 0.421 e. The lowest BCUT2D eigenvalue weighted by Crippen LogP contribution is -2.33. The Balaban J connectivity index is 2.41. The van der Waals surface area contributed by atoms with Crippen molar-refractivity contribution in [3.05, 3.63) is 53.8 Å². The second kappa shape index (κ2) is 9.88. The number of halogens is 4. The summed E-state index contributed by atoms with van der Waals surface area (Å²) < 4.78 is 78.1. The molecule has 0 radical (unpaired) electrons. The van der Waals surface area contributed by atoms with E-state index in [0.717, 1.165) is 11.0 Å². The first-order chi connectivity index (χ1) is 14.3. The van der Waals surface area contributed by atoms with E-state index in [9.17, 15) is 30.8 Å². The molecule has 0 spiro atoms. The number of alkyl halides is 3. The molecule has 0 aliphatic carbocycles. The molecule has 2 aromatic rings. The maximum atomic E-state index is 14.5. The van der Waals surface area contributed by atoms with Gasteiger partial charge >= 0.3 is 6.18 Å². The third-order valence-corrected chi connectivity index (χ3v) is 6.27. The van der Waals surface area contributed by atoms with Crippen LogP contribution in [0.1, 0.15) is 12.0 Å². The number of sulfonamides is 1. The number of amides is 1. The predicted octanol–water partition coefficient (Wildman–Crippen LogP) is 3.54. The molecule has 3 N–H and O–H groups in total. The van der Waals surface area contributed by atoms with Gasteiger partial charge in [-0.3, -0.25) is 4.79 Å². The van der Waals surface area contributed by atoms with Gasteiger partial charge in [-0.05, 0) is 24.3 Å². The molecule has 2 rings (SSSR count). The molecule has 1 amide bonds. The highest BCUT2D eigenvalue weighted by Gasteiger charge is 2.40. The Labute approximate surface area is 181 Å². The number of nitrogens with one attached hydrogen (secondary N) is 1. The number of hydrogen-bond acceptors (Lipinski definition) is 5. The van der Waals surface area contributed by atoms with Crippen molar-refractivity contribution < 1.29 is 30.8 Å². The van der Waals surface area contributed by atoms with Gasteiger partial charge in [0.15, 0.2) is 5.82 Å². The van der Waals surface area contributed by atoms with Gasteiger partial charge in [0.2, 0.25) is 15.9 Å². The van der Waals surface area contributed by atoms with E-state index in [2.05, 4.69) is 5.32 Å². The molecule has 6 nitrogen and oxygen atoms in total. The standard InChI is InChI=1S/C19H21F4N3O3S2/c1-26(2)16(27)10-12(11-30-13-6-4-3-5-7-13)25-14-8-9-15(31(24,28)29)18(20)17(14)19(21,22)23/h3-9,12,25H,10-11H2,1-2H3,(H2,24,28,29)/t12-/m1/s1. The van der Waals surface area contributed by atoms with E-state index in [4.69, 9.17) is 5.14 Å². The molecule has 0 aromatic heterocycles. The van der Waals surface area contributed by atoms with Crippen LogP contribution in [-0.4, -0.2) is 45.1 Å². The number of nitrogens with two attached hydrogens (primary N) is 1. The molecule has 12 heteroatoms. The first-order valence-electron chi connectivity index (χ1n) is 8.87. The molecule has 0 aliphatic heterocycles. The number of benzene rings is 2. The first kappa shape index (κ1) is 25.0. The zero-order valence-corrected chi connectivity index (χ0v) is 18.2. The lowest BCUT2D eigenvalue weighted by molar-refractivity contribution is -0.139. The highest BCUT2D eigenvalue weighted by Crippen LogP contribution is 2.39. The van der Waals surface area contributed by atoms with Crippen molar-refractivity contribution in [3.8, 4) is 0 Å². The van der Waals surface area contributed by atoms with Crippen LogP contribution in [0.25, 0.3) is 0 Å². The van der Waals surface area contributed by atoms with Gasteiger partial charge in [0.1, 0.15) is 10.5 Å². The van der Waals surface area contributed by atoms with Gasteiger partial charge in [-0.15, -0.1) is 11.8 Å². The Bertz CT molecular complexity index is 1030. The van der Waals surface area contributed by atoms with Crippen molar-refractivity contribution in [2.75, 3.05) is 25.2 Å². The van der Waals surface area contributed by atoms with Crippen LogP contribution < -0.4 is 10.5 Å². The molecule has 31 heavy (non-hydrogen) atoms. The maximum absolute atomic E-state index is 14.5. The molecule has 0 unspecified atom stereocenters. The van der Waals surface area contributed by atoms with E-state index in [1.54, 1.807) is 30.3 Å². The van der Waals surface area contributed by atoms with E-state index < -0.39 is 44.2 Å². The van der Waals surface area contributed by atoms with Crippen LogP contribution in [0.5, 0.6) is 0 Å². The van der Waals surface area contributed by atoms with E-state index in [0.29, 0.717) is 6.07 Å². The number of rotatable bonds is 8. The summed E-state index contributed by atoms with van der Waals surface area (Å²) >= 11 is 1.30. The van der Waals surface area contributed by atoms with Crippen LogP contribution in [0.3, 0.4) is 0 Å². The fourth-order valence-electron chi connectivity index (χ4n) is 2.65. The number of nitrogens with zero attached hydrogens (tertiary/aromatic N) is 1. The average molecular weight is 480 g/mol. The number of primary sulfonamides is 1.